The molecule has 0 spiro atoms. The van der Waals surface area contributed by atoms with Crippen molar-refractivity contribution < 1.29 is 9.18 Å². The Morgan fingerprint density at radius 1 is 1.44 bits per heavy atom. The van der Waals surface area contributed by atoms with E-state index in [1.807, 2.05) is 0 Å². The number of carbonyl (C=O) groups is 1. The molecule has 0 aromatic heterocycles. The zero-order valence-corrected chi connectivity index (χ0v) is 5.14. The SMILES string of the molecule is O=C1CC2CC1CC2F. The highest BCUT2D eigenvalue weighted by Crippen LogP contribution is 2.43. The van der Waals surface area contributed by atoms with Crippen molar-refractivity contribution in [1.29, 1.82) is 0 Å². The summed E-state index contributed by atoms with van der Waals surface area (Å²) in [5, 5.41) is 0. The predicted molar refractivity (Wildman–Crippen MR) is 30.7 cm³/mol. The molecular formula is C7H9FO. The van der Waals surface area contributed by atoms with E-state index in [0.717, 1.165) is 6.42 Å². The molecule has 50 valence electrons. The average Bonchev–Trinajstić information content (AvgIpc) is 2.24. The molecule has 3 atom stereocenters. The number of carbonyl (C=O) groups excluding carboxylic acids is 1. The van der Waals surface area contributed by atoms with E-state index in [1.165, 1.54) is 0 Å². The average molecular weight is 128 g/mol. The maximum atomic E-state index is 12.6. The van der Waals surface area contributed by atoms with Gasteiger partial charge in [-0.05, 0) is 18.8 Å². The second-order valence-corrected chi connectivity index (χ2v) is 3.11. The summed E-state index contributed by atoms with van der Waals surface area (Å²) in [7, 11) is 0. The Bertz CT molecular complexity index is 153. The monoisotopic (exact) mass is 128 g/mol. The van der Waals surface area contributed by atoms with Gasteiger partial charge in [0.25, 0.3) is 0 Å². The second-order valence-electron chi connectivity index (χ2n) is 3.11. The van der Waals surface area contributed by atoms with Crippen LogP contribution in [0.2, 0.25) is 0 Å². The molecule has 0 aliphatic heterocycles. The van der Waals surface area contributed by atoms with Crippen molar-refractivity contribution in [2.24, 2.45) is 11.8 Å². The summed E-state index contributed by atoms with van der Waals surface area (Å²) in [6.45, 7) is 0. The third-order valence-corrected chi connectivity index (χ3v) is 2.53. The van der Waals surface area contributed by atoms with Crippen molar-refractivity contribution in [3.05, 3.63) is 0 Å². The van der Waals surface area contributed by atoms with Crippen molar-refractivity contribution in [3.8, 4) is 0 Å². The summed E-state index contributed by atoms with van der Waals surface area (Å²) in [5.41, 5.74) is 0. The van der Waals surface area contributed by atoms with Gasteiger partial charge in [-0.25, -0.2) is 4.39 Å². The number of fused-ring (bicyclic) bond motifs is 2. The normalized spacial score (nSPS) is 48.6. The quantitative estimate of drug-likeness (QED) is 0.481. The van der Waals surface area contributed by atoms with Gasteiger partial charge in [0.2, 0.25) is 0 Å². The van der Waals surface area contributed by atoms with Crippen LogP contribution >= 0.6 is 0 Å². The van der Waals surface area contributed by atoms with E-state index in [2.05, 4.69) is 0 Å². The number of hydrogen-bond donors (Lipinski definition) is 0. The Labute approximate surface area is 53.2 Å². The van der Waals surface area contributed by atoms with Crippen molar-refractivity contribution in [2.45, 2.75) is 25.4 Å². The molecule has 2 bridgehead atoms. The van der Waals surface area contributed by atoms with Crippen LogP contribution in [0.3, 0.4) is 0 Å². The fourth-order valence-corrected chi connectivity index (χ4v) is 1.97. The molecule has 0 amide bonds. The van der Waals surface area contributed by atoms with Crippen molar-refractivity contribution in [3.63, 3.8) is 0 Å². The standard InChI is InChI=1S/C7H9FO/c8-6-2-5-1-4(6)3-7(5)9/h4-6H,1-3H2. The molecule has 0 radical (unpaired) electrons. The molecule has 2 saturated carbocycles. The van der Waals surface area contributed by atoms with Gasteiger partial charge in [-0.2, -0.15) is 0 Å². The topological polar surface area (TPSA) is 17.1 Å². The molecule has 0 heterocycles. The van der Waals surface area contributed by atoms with Crippen LogP contribution in [0.25, 0.3) is 0 Å². The van der Waals surface area contributed by atoms with Crippen molar-refractivity contribution in [1.82, 2.24) is 0 Å². The molecule has 2 heteroatoms. The highest BCUT2D eigenvalue weighted by Gasteiger charge is 2.45. The summed E-state index contributed by atoms with van der Waals surface area (Å²) in [6.07, 6.45) is 1.21. The first-order valence-electron chi connectivity index (χ1n) is 3.44. The highest BCUT2D eigenvalue weighted by atomic mass is 19.1. The molecule has 3 unspecified atom stereocenters. The smallest absolute Gasteiger partial charge is 0.136 e. The van der Waals surface area contributed by atoms with Gasteiger partial charge in [0.15, 0.2) is 0 Å². The zero-order chi connectivity index (χ0) is 6.43. The first-order valence-corrected chi connectivity index (χ1v) is 3.44. The minimum Gasteiger partial charge on any atom is -0.299 e. The van der Waals surface area contributed by atoms with Gasteiger partial charge >= 0.3 is 0 Å². The Hall–Kier alpha value is -0.400. The predicted octanol–water partition coefficient (Wildman–Crippen LogP) is 1.32. The van der Waals surface area contributed by atoms with Crippen LogP contribution in [0.4, 0.5) is 4.39 Å². The van der Waals surface area contributed by atoms with E-state index in [1.54, 1.807) is 0 Å². The molecule has 2 aliphatic rings. The molecule has 0 aromatic rings. The molecule has 0 saturated heterocycles. The number of halogens is 1. The Balaban J connectivity index is 2.19. The summed E-state index contributed by atoms with van der Waals surface area (Å²) >= 11 is 0. The van der Waals surface area contributed by atoms with E-state index < -0.39 is 6.17 Å². The van der Waals surface area contributed by atoms with Crippen LogP contribution in [0.5, 0.6) is 0 Å². The van der Waals surface area contributed by atoms with Crippen molar-refractivity contribution in [2.75, 3.05) is 0 Å². The van der Waals surface area contributed by atoms with Crippen LogP contribution in [-0.2, 0) is 4.79 Å². The lowest BCUT2D eigenvalue weighted by Gasteiger charge is -2.11. The first kappa shape index (κ1) is 5.39. The summed E-state index contributed by atoms with van der Waals surface area (Å²) in [5.74, 6) is 0.501. The van der Waals surface area contributed by atoms with Gasteiger partial charge in [-0.3, -0.25) is 4.79 Å². The van der Waals surface area contributed by atoms with Gasteiger partial charge in [0.05, 0.1) is 0 Å². The summed E-state index contributed by atoms with van der Waals surface area (Å²) in [4.78, 5) is 10.8. The van der Waals surface area contributed by atoms with Gasteiger partial charge in [0, 0.05) is 12.3 Å². The van der Waals surface area contributed by atoms with Gasteiger partial charge in [-0.1, -0.05) is 0 Å². The Kier molecular flexibility index (Phi) is 0.930. The number of alkyl halides is 1. The summed E-state index contributed by atoms with van der Waals surface area (Å²) < 4.78 is 12.6. The van der Waals surface area contributed by atoms with E-state index in [9.17, 15) is 9.18 Å². The lowest BCUT2D eigenvalue weighted by molar-refractivity contribution is -0.122. The van der Waals surface area contributed by atoms with E-state index >= 15 is 0 Å². The minimum absolute atomic E-state index is 0.0995. The molecular weight excluding hydrogens is 119 g/mol. The van der Waals surface area contributed by atoms with E-state index in [-0.39, 0.29) is 11.8 Å². The first-order chi connectivity index (χ1) is 4.27. The number of ketones is 1. The fraction of sp³-hybridized carbons (Fsp3) is 0.857. The Morgan fingerprint density at radius 3 is 2.56 bits per heavy atom. The molecule has 0 aromatic carbocycles. The van der Waals surface area contributed by atoms with Gasteiger partial charge in [0.1, 0.15) is 12.0 Å². The molecule has 2 aliphatic carbocycles. The number of Topliss-reactive ketones (excluding diaryl/α,β-unsaturated/α-hetero) is 1. The lowest BCUT2D eigenvalue weighted by Crippen LogP contribution is -2.17. The molecule has 2 fully saturated rings. The van der Waals surface area contributed by atoms with Gasteiger partial charge < -0.3 is 0 Å². The lowest BCUT2D eigenvalue weighted by atomic mass is 9.98. The van der Waals surface area contributed by atoms with Crippen LogP contribution in [0.1, 0.15) is 19.3 Å². The van der Waals surface area contributed by atoms with Crippen LogP contribution in [0.15, 0.2) is 0 Å². The maximum absolute atomic E-state index is 12.6. The summed E-state index contributed by atoms with van der Waals surface area (Å²) in [6, 6.07) is 0. The minimum atomic E-state index is -0.660. The third kappa shape index (κ3) is 0.620. The molecule has 1 nitrogen and oxygen atoms in total. The van der Waals surface area contributed by atoms with Crippen molar-refractivity contribution >= 4 is 5.78 Å². The largest absolute Gasteiger partial charge is 0.299 e. The second kappa shape index (κ2) is 1.55. The van der Waals surface area contributed by atoms with Crippen LogP contribution < -0.4 is 0 Å². The maximum Gasteiger partial charge on any atom is 0.136 e. The van der Waals surface area contributed by atoms with E-state index in [4.69, 9.17) is 0 Å². The zero-order valence-electron chi connectivity index (χ0n) is 5.14. The Morgan fingerprint density at radius 2 is 2.22 bits per heavy atom. The fourth-order valence-electron chi connectivity index (χ4n) is 1.97. The van der Waals surface area contributed by atoms with Gasteiger partial charge in [-0.15, -0.1) is 0 Å². The molecule has 2 rings (SSSR count). The molecule has 0 N–H and O–H groups in total. The third-order valence-electron chi connectivity index (χ3n) is 2.53. The van der Waals surface area contributed by atoms with E-state index in [0.29, 0.717) is 18.6 Å². The van der Waals surface area contributed by atoms with Crippen LogP contribution in [-0.4, -0.2) is 12.0 Å². The molecule has 9 heavy (non-hydrogen) atoms. The highest BCUT2D eigenvalue weighted by molar-refractivity contribution is 5.84. The number of hydrogen-bond acceptors (Lipinski definition) is 1. The number of rotatable bonds is 0. The van der Waals surface area contributed by atoms with Crippen LogP contribution in [0, 0.1) is 11.8 Å².